The minimum atomic E-state index is 0.157. The van der Waals surface area contributed by atoms with Gasteiger partial charge in [0.1, 0.15) is 0 Å². The van der Waals surface area contributed by atoms with Crippen LogP contribution in [0.1, 0.15) is 0 Å². The predicted molar refractivity (Wildman–Crippen MR) is 173 cm³/mol. The lowest BCUT2D eigenvalue weighted by molar-refractivity contribution is 1.18. The van der Waals surface area contributed by atoms with Crippen LogP contribution in [0.4, 0.5) is 17.1 Å². The first-order valence-electron chi connectivity index (χ1n) is 13.8. The second-order valence-corrected chi connectivity index (χ2v) is 11.9. The van der Waals surface area contributed by atoms with Crippen LogP contribution in [0.5, 0.6) is 0 Å². The molecule has 2 aliphatic rings. The number of anilines is 3. The van der Waals surface area contributed by atoms with Gasteiger partial charge in [-0.3, -0.25) is 0 Å². The van der Waals surface area contributed by atoms with E-state index in [1.807, 2.05) is 11.3 Å². The van der Waals surface area contributed by atoms with Crippen molar-refractivity contribution in [2.45, 2.75) is 0 Å². The first-order chi connectivity index (χ1) is 19.9. The molecule has 0 aliphatic carbocycles. The molecule has 0 saturated heterocycles. The van der Waals surface area contributed by atoms with Crippen LogP contribution in [-0.2, 0) is 0 Å². The number of para-hydroxylation sites is 3. The molecule has 2 nitrogen and oxygen atoms in total. The van der Waals surface area contributed by atoms with Crippen LogP contribution >= 0.6 is 11.3 Å². The van der Waals surface area contributed by atoms with E-state index in [-0.39, 0.29) is 6.71 Å². The first kappa shape index (κ1) is 21.1. The monoisotopic (exact) mass is 524 g/mol. The zero-order chi connectivity index (χ0) is 25.9. The van der Waals surface area contributed by atoms with Crippen LogP contribution in [0.3, 0.4) is 0 Å². The van der Waals surface area contributed by atoms with Gasteiger partial charge in [-0.05, 0) is 58.9 Å². The Balaban J connectivity index is 1.45. The fraction of sp³-hybridized carbons (Fsp3) is 0. The van der Waals surface area contributed by atoms with E-state index in [9.17, 15) is 0 Å². The van der Waals surface area contributed by atoms with E-state index in [1.54, 1.807) is 0 Å². The molecule has 0 spiro atoms. The fourth-order valence-corrected chi connectivity index (χ4v) is 8.70. The highest BCUT2D eigenvalue weighted by Crippen LogP contribution is 2.45. The van der Waals surface area contributed by atoms with Gasteiger partial charge >= 0.3 is 0 Å². The van der Waals surface area contributed by atoms with Crippen molar-refractivity contribution in [2.24, 2.45) is 0 Å². The second kappa shape index (κ2) is 7.44. The number of thiophene rings is 1. The molecule has 4 heterocycles. The lowest BCUT2D eigenvalue weighted by atomic mass is 9.33. The molecule has 0 fully saturated rings. The molecule has 184 valence electrons. The Bertz CT molecular complexity index is 2350. The van der Waals surface area contributed by atoms with Crippen molar-refractivity contribution in [1.29, 1.82) is 0 Å². The van der Waals surface area contributed by atoms with Crippen molar-refractivity contribution in [3.8, 4) is 5.69 Å². The Morgan fingerprint density at radius 1 is 0.550 bits per heavy atom. The summed E-state index contributed by atoms with van der Waals surface area (Å²) in [4.78, 5) is 2.46. The van der Waals surface area contributed by atoms with Crippen LogP contribution < -0.4 is 21.3 Å². The molecule has 10 rings (SSSR count). The summed E-state index contributed by atoms with van der Waals surface area (Å²) >= 11 is 1.93. The first-order valence-corrected chi connectivity index (χ1v) is 14.6. The van der Waals surface area contributed by atoms with Gasteiger partial charge in [0.25, 0.3) is 6.71 Å². The highest BCUT2D eigenvalue weighted by atomic mass is 32.1. The van der Waals surface area contributed by atoms with Crippen LogP contribution in [0.2, 0.25) is 0 Å². The SMILES string of the molecule is c1ccc(N2c3ccccc3B3c4c2cccc4-n2c4ccccc4c4c5sc6ccccc6c5cc3c42)cc1. The van der Waals surface area contributed by atoms with E-state index in [0.29, 0.717) is 0 Å². The maximum atomic E-state index is 2.55. The van der Waals surface area contributed by atoms with E-state index in [0.717, 1.165) is 0 Å². The third kappa shape index (κ3) is 2.46. The summed E-state index contributed by atoms with van der Waals surface area (Å²) < 4.78 is 5.30. The molecule has 0 atom stereocenters. The van der Waals surface area contributed by atoms with E-state index < -0.39 is 0 Å². The topological polar surface area (TPSA) is 8.17 Å². The summed E-state index contributed by atoms with van der Waals surface area (Å²) in [5, 5.41) is 5.45. The Morgan fingerprint density at radius 2 is 1.27 bits per heavy atom. The average Bonchev–Trinajstić information content (AvgIpc) is 3.56. The number of hydrogen-bond donors (Lipinski definition) is 0. The van der Waals surface area contributed by atoms with Crippen molar-refractivity contribution >= 4 is 93.5 Å². The van der Waals surface area contributed by atoms with Gasteiger partial charge < -0.3 is 9.47 Å². The number of nitrogens with zero attached hydrogens (tertiary/aromatic N) is 2. The standard InChI is InChI=1S/C36H21BN2S/c1-2-11-22(12-3-1)38-29-17-8-6-15-26(29)37-27-21-25-23-13-5-9-20-32(23)40-36(25)33-24-14-4-7-16-28(24)39(35(27)33)31-19-10-18-30(38)34(31)37/h1-21H. The molecule has 2 aliphatic heterocycles. The Hall–Kier alpha value is -4.80. The minimum absolute atomic E-state index is 0.157. The van der Waals surface area contributed by atoms with Gasteiger partial charge in [-0.15, -0.1) is 11.3 Å². The van der Waals surface area contributed by atoms with Crippen LogP contribution in [0.15, 0.2) is 127 Å². The molecular weight excluding hydrogens is 503 g/mol. The van der Waals surface area contributed by atoms with E-state index in [1.165, 1.54) is 81.1 Å². The Labute approximate surface area is 235 Å². The van der Waals surface area contributed by atoms with Crippen molar-refractivity contribution < 1.29 is 0 Å². The quantitative estimate of drug-likeness (QED) is 0.199. The lowest BCUT2D eigenvalue weighted by Gasteiger charge is -2.40. The van der Waals surface area contributed by atoms with Crippen molar-refractivity contribution in [2.75, 3.05) is 4.90 Å². The molecule has 6 aromatic carbocycles. The minimum Gasteiger partial charge on any atom is -0.311 e. The molecular formula is C36H21BN2S. The van der Waals surface area contributed by atoms with Gasteiger partial charge in [-0.25, -0.2) is 0 Å². The van der Waals surface area contributed by atoms with Gasteiger partial charge in [-0.1, -0.05) is 84.9 Å². The number of aromatic nitrogens is 1. The van der Waals surface area contributed by atoms with Gasteiger partial charge in [0, 0.05) is 53.7 Å². The number of fused-ring (bicyclic) bond motifs is 11. The lowest BCUT2D eigenvalue weighted by Crippen LogP contribution is -2.60. The van der Waals surface area contributed by atoms with Gasteiger partial charge in [0.05, 0.1) is 11.0 Å². The predicted octanol–water partition coefficient (Wildman–Crippen LogP) is 7.76. The Kier molecular flexibility index (Phi) is 3.92. The summed E-state index contributed by atoms with van der Waals surface area (Å²) in [6, 6.07) is 47.1. The third-order valence-corrected chi connectivity index (χ3v) is 10.2. The number of hydrogen-bond acceptors (Lipinski definition) is 2. The normalized spacial score (nSPS) is 13.4. The van der Waals surface area contributed by atoms with Crippen LogP contribution in [0, 0.1) is 0 Å². The van der Waals surface area contributed by atoms with Crippen LogP contribution in [0.25, 0.3) is 47.7 Å². The summed E-state index contributed by atoms with van der Waals surface area (Å²) in [6.07, 6.45) is 0. The van der Waals surface area contributed by atoms with Crippen molar-refractivity contribution in [1.82, 2.24) is 4.57 Å². The molecule has 0 unspecified atom stereocenters. The van der Waals surface area contributed by atoms with Crippen molar-refractivity contribution in [3.63, 3.8) is 0 Å². The smallest absolute Gasteiger partial charge is 0.252 e. The maximum Gasteiger partial charge on any atom is 0.252 e. The number of rotatable bonds is 1. The van der Waals surface area contributed by atoms with Gasteiger partial charge in [0.2, 0.25) is 0 Å². The van der Waals surface area contributed by atoms with E-state index >= 15 is 0 Å². The maximum absolute atomic E-state index is 2.55. The summed E-state index contributed by atoms with van der Waals surface area (Å²) in [5.41, 5.74) is 11.8. The zero-order valence-corrected chi connectivity index (χ0v) is 22.3. The zero-order valence-electron chi connectivity index (χ0n) is 21.5. The molecule has 0 N–H and O–H groups in total. The molecule has 40 heavy (non-hydrogen) atoms. The molecule has 2 aromatic heterocycles. The van der Waals surface area contributed by atoms with Crippen LogP contribution in [-0.4, -0.2) is 11.3 Å². The molecule has 0 radical (unpaired) electrons. The third-order valence-electron chi connectivity index (χ3n) is 8.95. The molecule has 0 saturated carbocycles. The number of benzene rings is 6. The summed E-state index contributed by atoms with van der Waals surface area (Å²) in [7, 11) is 0. The molecule has 0 bridgehead atoms. The largest absolute Gasteiger partial charge is 0.311 e. The highest BCUT2D eigenvalue weighted by Gasteiger charge is 2.42. The van der Waals surface area contributed by atoms with E-state index in [4.69, 9.17) is 0 Å². The van der Waals surface area contributed by atoms with Crippen molar-refractivity contribution in [3.05, 3.63) is 127 Å². The summed E-state index contributed by atoms with van der Waals surface area (Å²) in [5.74, 6) is 0. The van der Waals surface area contributed by atoms with Gasteiger partial charge in [0.15, 0.2) is 0 Å². The van der Waals surface area contributed by atoms with E-state index in [2.05, 4.69) is 137 Å². The van der Waals surface area contributed by atoms with Gasteiger partial charge in [-0.2, -0.15) is 0 Å². The second-order valence-electron chi connectivity index (χ2n) is 10.9. The summed E-state index contributed by atoms with van der Waals surface area (Å²) in [6.45, 7) is 0.157. The molecule has 4 heteroatoms. The Morgan fingerprint density at radius 3 is 2.20 bits per heavy atom. The fourth-order valence-electron chi connectivity index (χ4n) is 7.46. The average molecular weight is 524 g/mol. The highest BCUT2D eigenvalue weighted by molar-refractivity contribution is 7.27. The molecule has 0 amide bonds. The molecule has 8 aromatic rings.